The molecule has 1 N–H and O–H groups in total. The first kappa shape index (κ1) is 31.1. The number of likely N-dealkylation sites (N-methyl/N-ethyl adjacent to an activating group) is 1. The van der Waals surface area contributed by atoms with E-state index >= 15 is 0 Å². The van der Waals surface area contributed by atoms with Crippen molar-refractivity contribution in [1.82, 2.24) is 14.8 Å². The fourth-order valence-corrected chi connectivity index (χ4v) is 4.91. The van der Waals surface area contributed by atoms with E-state index in [0.29, 0.717) is 12.2 Å². The highest BCUT2D eigenvalue weighted by Gasteiger charge is 2.38. The zero-order valence-electron chi connectivity index (χ0n) is 25.1. The van der Waals surface area contributed by atoms with Gasteiger partial charge in [-0.25, -0.2) is 4.79 Å². The summed E-state index contributed by atoms with van der Waals surface area (Å²) in [6, 6.07) is 7.10. The maximum absolute atomic E-state index is 13.8. The summed E-state index contributed by atoms with van der Waals surface area (Å²) >= 11 is 0. The Morgan fingerprint density at radius 1 is 1.11 bits per heavy atom. The predicted octanol–water partition coefficient (Wildman–Crippen LogP) is 5.37. The van der Waals surface area contributed by atoms with Crippen molar-refractivity contribution in [1.29, 1.82) is 0 Å². The molecule has 0 radical (unpaired) electrons. The number of rotatable bonds is 10. The number of nitrogens with one attached hydrogen (secondary N) is 1. The molecule has 210 valence electrons. The van der Waals surface area contributed by atoms with Gasteiger partial charge in [0.25, 0.3) is 0 Å². The lowest BCUT2D eigenvalue weighted by Crippen LogP contribution is -2.56. The van der Waals surface area contributed by atoms with E-state index < -0.39 is 22.8 Å². The molecule has 0 bridgehead atoms. The van der Waals surface area contributed by atoms with Crippen molar-refractivity contribution in [3.63, 3.8) is 0 Å². The van der Waals surface area contributed by atoms with Crippen LogP contribution in [-0.4, -0.2) is 53.0 Å². The molecule has 38 heavy (non-hydrogen) atoms. The number of hydrogen-bond donors (Lipinski definition) is 1. The summed E-state index contributed by atoms with van der Waals surface area (Å²) in [5.41, 5.74) is 1.71. The molecule has 1 aromatic carbocycles. The van der Waals surface area contributed by atoms with Gasteiger partial charge in [-0.3, -0.25) is 9.59 Å². The van der Waals surface area contributed by atoms with Crippen LogP contribution in [0.2, 0.25) is 0 Å². The Morgan fingerprint density at radius 3 is 2.26 bits per heavy atom. The fraction of sp³-hybridized carbons (Fsp3) is 0.581. The van der Waals surface area contributed by atoms with Crippen LogP contribution in [0.15, 0.2) is 42.1 Å². The van der Waals surface area contributed by atoms with E-state index in [1.807, 2.05) is 53.8 Å². The number of hydrogen-bond acceptors (Lipinski definition) is 4. The molecule has 2 atom stereocenters. The summed E-state index contributed by atoms with van der Waals surface area (Å²) in [6.07, 6.45) is 4.11. The van der Waals surface area contributed by atoms with Gasteiger partial charge in [0.05, 0.1) is 12.6 Å². The first-order valence-corrected chi connectivity index (χ1v) is 13.5. The molecule has 0 aliphatic carbocycles. The summed E-state index contributed by atoms with van der Waals surface area (Å²) in [7, 11) is 3.74. The maximum Gasteiger partial charge on any atom is 0.333 e. The first-order valence-electron chi connectivity index (χ1n) is 13.5. The van der Waals surface area contributed by atoms with Crippen LogP contribution < -0.4 is 5.32 Å². The summed E-state index contributed by atoms with van der Waals surface area (Å²) in [5, 5.41) is 4.18. The monoisotopic (exact) mass is 525 g/mol. The molecule has 2 amide bonds. The standard InChI is InChI=1S/C31H47N3O4/c1-12-38-29(37)21(4)17-25(20(2)3)34(11)28(36)27(30(5,6)7)32-26(35)18-31(8,9)23-19-33(10)24-16-14-13-15-22(23)24/h13-17,19-20,25,27H,12,18H2,1-11H3,(H,32,35)/t25-,27-/m1/s1. The van der Waals surface area contributed by atoms with Gasteiger partial charge in [-0.05, 0) is 36.8 Å². The third-order valence-corrected chi connectivity index (χ3v) is 7.14. The lowest BCUT2D eigenvalue weighted by Gasteiger charge is -2.38. The van der Waals surface area contributed by atoms with Crippen molar-refractivity contribution in [3.8, 4) is 0 Å². The Morgan fingerprint density at radius 2 is 1.71 bits per heavy atom. The number of ether oxygens (including phenoxy) is 1. The molecule has 7 nitrogen and oxygen atoms in total. The Kier molecular flexibility index (Phi) is 9.98. The number of carbonyl (C=O) groups is 3. The second kappa shape index (κ2) is 12.2. The van der Waals surface area contributed by atoms with Crippen molar-refractivity contribution in [2.24, 2.45) is 18.4 Å². The number of benzene rings is 1. The molecule has 1 heterocycles. The van der Waals surface area contributed by atoms with Gasteiger partial charge in [0.2, 0.25) is 11.8 Å². The van der Waals surface area contributed by atoms with Gasteiger partial charge >= 0.3 is 5.97 Å². The third-order valence-electron chi connectivity index (χ3n) is 7.14. The summed E-state index contributed by atoms with van der Waals surface area (Å²) in [5.74, 6) is -0.713. The fourth-order valence-electron chi connectivity index (χ4n) is 4.91. The van der Waals surface area contributed by atoms with E-state index in [4.69, 9.17) is 4.74 Å². The van der Waals surface area contributed by atoms with Crippen molar-refractivity contribution >= 4 is 28.7 Å². The van der Waals surface area contributed by atoms with E-state index in [2.05, 4.69) is 42.1 Å². The van der Waals surface area contributed by atoms with E-state index in [1.165, 1.54) is 0 Å². The first-order chi connectivity index (χ1) is 17.5. The largest absolute Gasteiger partial charge is 0.463 e. The molecule has 0 saturated carbocycles. The van der Waals surface area contributed by atoms with Crippen molar-refractivity contribution in [2.75, 3.05) is 13.7 Å². The molecule has 0 aliphatic rings. The van der Waals surface area contributed by atoms with Crippen molar-refractivity contribution in [2.45, 2.75) is 86.2 Å². The second-order valence-electron chi connectivity index (χ2n) is 12.4. The molecular formula is C31H47N3O4. The van der Waals surface area contributed by atoms with Gasteiger partial charge in [-0.1, -0.05) is 72.7 Å². The maximum atomic E-state index is 13.8. The Bertz CT molecular complexity index is 1180. The number of aromatic nitrogens is 1. The molecule has 7 heteroatoms. The molecule has 0 spiro atoms. The van der Waals surface area contributed by atoms with E-state index in [0.717, 1.165) is 16.5 Å². The molecule has 1 aromatic heterocycles. The van der Waals surface area contributed by atoms with Crippen LogP contribution in [0, 0.1) is 11.3 Å². The van der Waals surface area contributed by atoms with Gasteiger partial charge in [0.15, 0.2) is 0 Å². The number of nitrogens with zero attached hydrogens (tertiary/aromatic N) is 2. The van der Waals surface area contributed by atoms with Gasteiger partial charge in [-0.15, -0.1) is 0 Å². The lowest BCUT2D eigenvalue weighted by atomic mass is 9.80. The topological polar surface area (TPSA) is 80.6 Å². The summed E-state index contributed by atoms with van der Waals surface area (Å²) in [6.45, 7) is 17.7. The highest BCUT2D eigenvalue weighted by atomic mass is 16.5. The van der Waals surface area contributed by atoms with E-state index in [9.17, 15) is 14.4 Å². The molecule has 0 saturated heterocycles. The molecule has 2 rings (SSSR count). The molecular weight excluding hydrogens is 478 g/mol. The average molecular weight is 526 g/mol. The van der Waals surface area contributed by atoms with Crippen LogP contribution in [0.25, 0.3) is 10.9 Å². The third kappa shape index (κ3) is 7.27. The Hall–Kier alpha value is -3.09. The predicted molar refractivity (Wildman–Crippen MR) is 154 cm³/mol. The van der Waals surface area contributed by atoms with Crippen LogP contribution in [-0.2, 0) is 31.6 Å². The average Bonchev–Trinajstić information content (AvgIpc) is 3.16. The molecule has 0 aliphatic heterocycles. The van der Waals surface area contributed by atoms with E-state index in [1.54, 1.807) is 31.9 Å². The number of carbonyl (C=O) groups excluding carboxylic acids is 3. The molecule has 0 fully saturated rings. The zero-order valence-corrected chi connectivity index (χ0v) is 25.1. The van der Waals surface area contributed by atoms with Gasteiger partial charge < -0.3 is 19.5 Å². The molecule has 0 unspecified atom stereocenters. The Balaban J connectivity index is 2.29. The second-order valence-corrected chi connectivity index (χ2v) is 12.4. The number of para-hydroxylation sites is 1. The van der Waals surface area contributed by atoms with E-state index in [-0.39, 0.29) is 30.2 Å². The van der Waals surface area contributed by atoms with Crippen LogP contribution in [0.5, 0.6) is 0 Å². The number of amides is 2. The smallest absolute Gasteiger partial charge is 0.333 e. The highest BCUT2D eigenvalue weighted by molar-refractivity contribution is 5.91. The van der Waals surface area contributed by atoms with Crippen LogP contribution >= 0.6 is 0 Å². The Labute approximate surface area is 228 Å². The van der Waals surface area contributed by atoms with Gasteiger partial charge in [0, 0.05) is 48.6 Å². The van der Waals surface area contributed by atoms with Gasteiger partial charge in [0.1, 0.15) is 6.04 Å². The van der Waals surface area contributed by atoms with Crippen molar-refractivity contribution < 1.29 is 19.1 Å². The summed E-state index contributed by atoms with van der Waals surface area (Å²) in [4.78, 5) is 41.1. The van der Waals surface area contributed by atoms with Crippen LogP contribution in [0.3, 0.4) is 0 Å². The minimum absolute atomic E-state index is 0.0509. The quantitative estimate of drug-likeness (QED) is 0.334. The van der Waals surface area contributed by atoms with Crippen LogP contribution in [0.4, 0.5) is 0 Å². The lowest BCUT2D eigenvalue weighted by molar-refractivity contribution is -0.140. The summed E-state index contributed by atoms with van der Waals surface area (Å²) < 4.78 is 7.20. The number of fused-ring (bicyclic) bond motifs is 1. The number of aryl methyl sites for hydroxylation is 1. The van der Waals surface area contributed by atoms with Gasteiger partial charge in [-0.2, -0.15) is 0 Å². The van der Waals surface area contributed by atoms with Crippen molar-refractivity contribution in [3.05, 3.63) is 47.7 Å². The minimum Gasteiger partial charge on any atom is -0.463 e. The zero-order chi connectivity index (χ0) is 29.0. The normalized spacial score (nSPS) is 14.4. The SMILES string of the molecule is CCOC(=O)C(C)=C[C@H](C(C)C)N(C)C(=O)[C@@H](NC(=O)CC(C)(C)c1cn(C)c2ccccc12)C(C)(C)C. The molecule has 2 aromatic rings. The van der Waals surface area contributed by atoms with Crippen LogP contribution in [0.1, 0.15) is 74.3 Å². The highest BCUT2D eigenvalue weighted by Crippen LogP contribution is 2.34. The number of esters is 1. The minimum atomic E-state index is -0.735.